The average molecular weight is 257 g/mol. The summed E-state index contributed by atoms with van der Waals surface area (Å²) in [6.45, 7) is 0.689. The second-order valence-corrected chi connectivity index (χ2v) is 6.32. The van der Waals surface area contributed by atoms with E-state index in [1.165, 1.54) is 0 Å². The molecule has 0 atom stereocenters. The molecule has 2 N–H and O–H groups in total. The number of nitrogens with zero attached hydrogens (tertiary/aromatic N) is 1. The minimum atomic E-state index is -3.08. The molecule has 2 rings (SSSR count). The van der Waals surface area contributed by atoms with Crippen molar-refractivity contribution in [2.45, 2.75) is 18.6 Å². The lowest BCUT2D eigenvalue weighted by Crippen LogP contribution is -2.29. The molecule has 0 aliphatic carbocycles. The molecule has 1 aromatic rings. The normalized spacial score (nSPS) is 17.7. The van der Waals surface area contributed by atoms with Crippen molar-refractivity contribution >= 4 is 9.84 Å². The molecular formula is C10H15N3O3S. The number of nitrogens with one attached hydrogen (secondary N) is 2. The van der Waals surface area contributed by atoms with Crippen LogP contribution in [-0.4, -0.2) is 37.7 Å². The van der Waals surface area contributed by atoms with Crippen LogP contribution in [0.5, 0.6) is 0 Å². The average Bonchev–Trinajstić information content (AvgIpc) is 2.24. The molecule has 1 aromatic heterocycles. The highest BCUT2D eigenvalue weighted by atomic mass is 32.2. The number of likely N-dealkylation sites (N-methyl/N-ethyl adjacent to an activating group) is 1. The summed E-state index contributed by atoms with van der Waals surface area (Å²) in [7, 11) is -1.27. The van der Waals surface area contributed by atoms with E-state index >= 15 is 0 Å². The smallest absolute Gasteiger partial charge is 0.254 e. The lowest BCUT2D eigenvalue weighted by atomic mass is 10.2. The minimum absolute atomic E-state index is 0.0423. The van der Waals surface area contributed by atoms with Gasteiger partial charge in [-0.25, -0.2) is 13.4 Å². The summed E-state index contributed by atoms with van der Waals surface area (Å²) in [5.41, 5.74) is 0.745. The molecule has 1 aliphatic heterocycles. The van der Waals surface area contributed by atoms with E-state index in [1.807, 2.05) is 0 Å². The number of hydrogen-bond acceptors (Lipinski definition) is 5. The van der Waals surface area contributed by atoms with Crippen LogP contribution in [0.15, 0.2) is 4.79 Å². The second-order valence-electron chi connectivity index (χ2n) is 4.13. The van der Waals surface area contributed by atoms with Crippen molar-refractivity contribution in [2.75, 3.05) is 19.3 Å². The SMILES string of the molecule is CNCCc1nc2c(c(=O)[nH]1)CCS(=O)(=O)C2. The Morgan fingerprint density at radius 3 is 2.94 bits per heavy atom. The van der Waals surface area contributed by atoms with E-state index < -0.39 is 9.84 Å². The first-order valence-electron chi connectivity index (χ1n) is 5.48. The Hall–Kier alpha value is -1.21. The largest absolute Gasteiger partial charge is 0.319 e. The number of aromatic nitrogens is 2. The molecule has 2 heterocycles. The zero-order valence-electron chi connectivity index (χ0n) is 9.62. The summed E-state index contributed by atoms with van der Waals surface area (Å²) < 4.78 is 23.0. The summed E-state index contributed by atoms with van der Waals surface area (Å²) in [6.07, 6.45) is 0.853. The van der Waals surface area contributed by atoms with E-state index in [-0.39, 0.29) is 23.5 Å². The Morgan fingerprint density at radius 2 is 2.24 bits per heavy atom. The minimum Gasteiger partial charge on any atom is -0.319 e. The molecule has 1 aliphatic rings. The molecule has 0 amide bonds. The lowest BCUT2D eigenvalue weighted by molar-refractivity contribution is 0.589. The van der Waals surface area contributed by atoms with Gasteiger partial charge < -0.3 is 10.3 Å². The molecule has 94 valence electrons. The van der Waals surface area contributed by atoms with Crippen LogP contribution in [0.1, 0.15) is 17.1 Å². The fourth-order valence-corrected chi connectivity index (χ4v) is 3.19. The number of fused-ring (bicyclic) bond motifs is 1. The van der Waals surface area contributed by atoms with Gasteiger partial charge in [-0.05, 0) is 13.5 Å². The van der Waals surface area contributed by atoms with Gasteiger partial charge in [0.25, 0.3) is 5.56 Å². The zero-order valence-corrected chi connectivity index (χ0v) is 10.4. The third-order valence-electron chi connectivity index (χ3n) is 2.78. The Labute approximate surface area is 99.4 Å². The number of hydrogen-bond donors (Lipinski definition) is 2. The molecule has 0 fully saturated rings. The Balaban J connectivity index is 2.38. The number of sulfone groups is 1. The third-order valence-corrected chi connectivity index (χ3v) is 4.32. The van der Waals surface area contributed by atoms with Crippen molar-refractivity contribution in [3.05, 3.63) is 27.4 Å². The van der Waals surface area contributed by atoms with Gasteiger partial charge in [0.1, 0.15) is 5.82 Å². The molecule has 0 aromatic carbocycles. The van der Waals surface area contributed by atoms with Crippen LogP contribution in [0.3, 0.4) is 0 Å². The quantitative estimate of drug-likeness (QED) is 0.725. The molecule has 17 heavy (non-hydrogen) atoms. The van der Waals surface area contributed by atoms with Crippen molar-refractivity contribution in [1.82, 2.24) is 15.3 Å². The molecule has 6 nitrogen and oxygen atoms in total. The number of rotatable bonds is 3. The zero-order chi connectivity index (χ0) is 12.5. The van der Waals surface area contributed by atoms with E-state index in [0.29, 0.717) is 30.0 Å². The predicted octanol–water partition coefficient (Wildman–Crippen LogP) is -0.997. The molecule has 0 radical (unpaired) electrons. The van der Waals surface area contributed by atoms with Crippen LogP contribution >= 0.6 is 0 Å². The van der Waals surface area contributed by atoms with Gasteiger partial charge in [0, 0.05) is 18.5 Å². The summed E-state index contributed by atoms with van der Waals surface area (Å²) in [6, 6.07) is 0. The van der Waals surface area contributed by atoms with Crippen LogP contribution in [0, 0.1) is 0 Å². The van der Waals surface area contributed by atoms with Crippen LogP contribution in [0.25, 0.3) is 0 Å². The maximum atomic E-state index is 11.7. The van der Waals surface area contributed by atoms with Crippen LogP contribution in [-0.2, 0) is 28.4 Å². The predicted molar refractivity (Wildman–Crippen MR) is 63.7 cm³/mol. The topological polar surface area (TPSA) is 91.9 Å². The van der Waals surface area contributed by atoms with Gasteiger partial charge in [0.05, 0.1) is 17.2 Å². The van der Waals surface area contributed by atoms with E-state index in [4.69, 9.17) is 0 Å². The Kier molecular flexibility index (Phi) is 3.30. The molecular weight excluding hydrogens is 242 g/mol. The lowest BCUT2D eigenvalue weighted by Gasteiger charge is -2.15. The van der Waals surface area contributed by atoms with Gasteiger partial charge in [0.2, 0.25) is 0 Å². The molecule has 0 unspecified atom stereocenters. The van der Waals surface area contributed by atoms with E-state index in [1.54, 1.807) is 7.05 Å². The number of aromatic amines is 1. The number of H-pyrrole nitrogens is 1. The third kappa shape index (κ3) is 2.73. The first-order valence-corrected chi connectivity index (χ1v) is 7.30. The maximum Gasteiger partial charge on any atom is 0.254 e. The Morgan fingerprint density at radius 1 is 1.47 bits per heavy atom. The van der Waals surface area contributed by atoms with Gasteiger partial charge in [0.15, 0.2) is 9.84 Å². The standard InChI is InChI=1S/C10H15N3O3S/c1-11-4-2-9-12-8-6-17(15,16)5-3-7(8)10(14)13-9/h11H,2-6H2,1H3,(H,12,13,14). The van der Waals surface area contributed by atoms with Crippen molar-refractivity contribution < 1.29 is 8.42 Å². The van der Waals surface area contributed by atoms with Gasteiger partial charge in [-0.15, -0.1) is 0 Å². The van der Waals surface area contributed by atoms with E-state index in [0.717, 1.165) is 0 Å². The fourth-order valence-electron chi connectivity index (χ4n) is 1.87. The second kappa shape index (κ2) is 4.58. The van der Waals surface area contributed by atoms with Gasteiger partial charge in [-0.2, -0.15) is 0 Å². The molecule has 0 spiro atoms. The van der Waals surface area contributed by atoms with E-state index in [9.17, 15) is 13.2 Å². The van der Waals surface area contributed by atoms with Gasteiger partial charge in [-0.1, -0.05) is 0 Å². The van der Waals surface area contributed by atoms with Crippen molar-refractivity contribution in [3.8, 4) is 0 Å². The maximum absolute atomic E-state index is 11.7. The van der Waals surface area contributed by atoms with Gasteiger partial charge in [-0.3, -0.25) is 4.79 Å². The molecule has 7 heteroatoms. The first-order chi connectivity index (χ1) is 8.02. The van der Waals surface area contributed by atoms with E-state index in [2.05, 4.69) is 15.3 Å². The van der Waals surface area contributed by atoms with Crippen LogP contribution < -0.4 is 10.9 Å². The van der Waals surface area contributed by atoms with Crippen LogP contribution in [0.2, 0.25) is 0 Å². The van der Waals surface area contributed by atoms with Crippen LogP contribution in [0.4, 0.5) is 0 Å². The van der Waals surface area contributed by atoms with Crippen molar-refractivity contribution in [1.29, 1.82) is 0 Å². The highest BCUT2D eigenvalue weighted by Crippen LogP contribution is 2.15. The summed E-state index contributed by atoms with van der Waals surface area (Å²) in [4.78, 5) is 18.7. The highest BCUT2D eigenvalue weighted by Gasteiger charge is 2.25. The highest BCUT2D eigenvalue weighted by molar-refractivity contribution is 7.90. The van der Waals surface area contributed by atoms with Crippen molar-refractivity contribution in [3.63, 3.8) is 0 Å². The molecule has 0 saturated heterocycles. The molecule has 0 saturated carbocycles. The van der Waals surface area contributed by atoms with Crippen molar-refractivity contribution in [2.24, 2.45) is 0 Å². The summed E-state index contributed by atoms with van der Waals surface area (Å²) in [5, 5.41) is 2.95. The fraction of sp³-hybridized carbons (Fsp3) is 0.600. The van der Waals surface area contributed by atoms with Gasteiger partial charge >= 0.3 is 0 Å². The Bertz CT molecular complexity index is 577. The summed E-state index contributed by atoms with van der Waals surface area (Å²) >= 11 is 0. The summed E-state index contributed by atoms with van der Waals surface area (Å²) in [5.74, 6) is 0.472. The molecule has 0 bridgehead atoms. The first kappa shape index (κ1) is 12.3. The monoisotopic (exact) mass is 257 g/mol.